The predicted octanol–water partition coefficient (Wildman–Crippen LogP) is 5.21. The highest BCUT2D eigenvalue weighted by Gasteiger charge is 2.15. The predicted molar refractivity (Wildman–Crippen MR) is 130 cm³/mol. The second-order valence-electron chi connectivity index (χ2n) is 8.02. The first-order valence-corrected chi connectivity index (χ1v) is 11.7. The van der Waals surface area contributed by atoms with Gasteiger partial charge in [-0.3, -0.25) is 4.79 Å². The third-order valence-electron chi connectivity index (χ3n) is 5.42. The summed E-state index contributed by atoms with van der Waals surface area (Å²) in [4.78, 5) is 18.3. The molecular weight excluding hydrogens is 416 g/mol. The van der Waals surface area contributed by atoms with Crippen LogP contribution < -0.4 is 5.32 Å². The zero-order chi connectivity index (χ0) is 22.5. The van der Waals surface area contributed by atoms with E-state index in [1.165, 1.54) is 11.1 Å². The second kappa shape index (κ2) is 9.92. The number of carbonyl (C=O) groups excluding carboxylic acids is 1. The summed E-state index contributed by atoms with van der Waals surface area (Å²) >= 11 is 1.60. The van der Waals surface area contributed by atoms with Crippen molar-refractivity contribution in [1.82, 2.24) is 20.1 Å². The first kappa shape index (κ1) is 22.0. The number of thiazole rings is 1. The molecule has 0 bridgehead atoms. The number of aryl methyl sites for hydroxylation is 4. The number of hydrogen-bond acceptors (Lipinski definition) is 4. The molecule has 0 saturated heterocycles. The molecule has 5 nitrogen and oxygen atoms in total. The lowest BCUT2D eigenvalue weighted by atomic mass is 10.1. The number of para-hydroxylation sites is 1. The van der Waals surface area contributed by atoms with E-state index in [4.69, 9.17) is 0 Å². The highest BCUT2D eigenvalue weighted by molar-refractivity contribution is 7.12. The maximum atomic E-state index is 12.6. The normalized spacial score (nSPS) is 11.0. The van der Waals surface area contributed by atoms with Crippen molar-refractivity contribution in [2.45, 2.75) is 40.0 Å². The number of aromatic nitrogens is 3. The number of amides is 1. The van der Waals surface area contributed by atoms with Gasteiger partial charge in [0.15, 0.2) is 0 Å². The molecule has 2 heterocycles. The van der Waals surface area contributed by atoms with E-state index < -0.39 is 0 Å². The summed E-state index contributed by atoms with van der Waals surface area (Å²) in [6, 6.07) is 18.4. The lowest BCUT2D eigenvalue weighted by Crippen LogP contribution is -2.26. The van der Waals surface area contributed by atoms with Crippen LogP contribution in [0, 0.1) is 20.8 Å². The lowest BCUT2D eigenvalue weighted by Gasteiger charge is -2.06. The fraction of sp³-hybridized carbons (Fsp3) is 0.269. The smallest absolute Gasteiger partial charge is 0.225 e. The molecule has 0 aliphatic carbocycles. The molecule has 164 valence electrons. The Bertz CT molecular complexity index is 1190. The molecule has 0 unspecified atom stereocenters. The maximum Gasteiger partial charge on any atom is 0.225 e. The summed E-state index contributed by atoms with van der Waals surface area (Å²) in [6.07, 6.45) is 4.20. The lowest BCUT2D eigenvalue weighted by molar-refractivity contribution is -0.120. The fourth-order valence-electron chi connectivity index (χ4n) is 3.70. The minimum absolute atomic E-state index is 0.0405. The Morgan fingerprint density at radius 3 is 2.53 bits per heavy atom. The van der Waals surface area contributed by atoms with Crippen molar-refractivity contribution in [2.24, 2.45) is 0 Å². The molecule has 4 rings (SSSR count). The van der Waals surface area contributed by atoms with Crippen LogP contribution in [-0.2, 0) is 17.6 Å². The first-order chi connectivity index (χ1) is 15.5. The van der Waals surface area contributed by atoms with Crippen molar-refractivity contribution in [3.63, 3.8) is 0 Å². The number of nitrogens with one attached hydrogen (secondary N) is 1. The highest BCUT2D eigenvalue weighted by Crippen LogP contribution is 2.28. The summed E-state index contributed by atoms with van der Waals surface area (Å²) in [7, 11) is 0. The van der Waals surface area contributed by atoms with Crippen molar-refractivity contribution < 1.29 is 4.79 Å². The molecule has 4 aromatic rings. The number of hydrogen-bond donors (Lipinski definition) is 1. The molecule has 2 aromatic heterocycles. The van der Waals surface area contributed by atoms with E-state index in [0.29, 0.717) is 13.0 Å². The van der Waals surface area contributed by atoms with Crippen LogP contribution in [0.4, 0.5) is 0 Å². The Morgan fingerprint density at radius 2 is 1.78 bits per heavy atom. The van der Waals surface area contributed by atoms with E-state index in [9.17, 15) is 4.79 Å². The Morgan fingerprint density at radius 1 is 1.03 bits per heavy atom. The van der Waals surface area contributed by atoms with Gasteiger partial charge in [0.25, 0.3) is 0 Å². The molecular formula is C26H28N4OS. The van der Waals surface area contributed by atoms with E-state index in [2.05, 4.69) is 52.8 Å². The van der Waals surface area contributed by atoms with Crippen LogP contribution in [0.25, 0.3) is 16.9 Å². The molecule has 0 atom stereocenters. The van der Waals surface area contributed by atoms with Gasteiger partial charge >= 0.3 is 0 Å². The standard InChI is InChI=1S/C26H28N4OS/c1-18-11-13-21(14-12-18)26-24(32-20(3)28-26)16-25(31)27-15-7-8-22-17-30(29-19(22)2)23-9-5-4-6-10-23/h4-6,9-14,17H,7-8,15-16H2,1-3H3,(H,27,31). The molecule has 0 aliphatic rings. The van der Waals surface area contributed by atoms with Crippen molar-refractivity contribution >= 4 is 17.2 Å². The van der Waals surface area contributed by atoms with Crippen LogP contribution in [0.15, 0.2) is 60.8 Å². The summed E-state index contributed by atoms with van der Waals surface area (Å²) < 4.78 is 1.92. The summed E-state index contributed by atoms with van der Waals surface area (Å²) in [5, 5.41) is 8.67. The van der Waals surface area contributed by atoms with E-state index in [-0.39, 0.29) is 5.91 Å². The SMILES string of the molecule is Cc1ccc(-c2nc(C)sc2CC(=O)NCCCc2cn(-c3ccccc3)nc2C)cc1. The minimum atomic E-state index is 0.0405. The molecule has 6 heteroatoms. The molecule has 1 N–H and O–H groups in total. The molecule has 32 heavy (non-hydrogen) atoms. The zero-order valence-corrected chi connectivity index (χ0v) is 19.6. The van der Waals surface area contributed by atoms with E-state index in [1.54, 1.807) is 11.3 Å². The van der Waals surface area contributed by atoms with Gasteiger partial charge in [0.05, 0.1) is 28.5 Å². The fourth-order valence-corrected chi connectivity index (χ4v) is 4.65. The molecule has 0 radical (unpaired) electrons. The summed E-state index contributed by atoms with van der Waals surface area (Å²) in [5.41, 5.74) is 6.50. The van der Waals surface area contributed by atoms with E-state index in [0.717, 1.165) is 45.4 Å². The monoisotopic (exact) mass is 444 g/mol. The topological polar surface area (TPSA) is 59.8 Å². The summed E-state index contributed by atoms with van der Waals surface area (Å²) in [5.74, 6) is 0.0405. The zero-order valence-electron chi connectivity index (χ0n) is 18.8. The quantitative estimate of drug-likeness (QED) is 0.379. The van der Waals surface area contributed by atoms with Crippen LogP contribution in [-0.4, -0.2) is 27.2 Å². The van der Waals surface area contributed by atoms with Gasteiger partial charge in [-0.25, -0.2) is 9.67 Å². The second-order valence-corrected chi connectivity index (χ2v) is 9.31. The molecule has 0 spiro atoms. The number of benzene rings is 2. The summed E-state index contributed by atoms with van der Waals surface area (Å²) in [6.45, 7) is 6.73. The Labute approximate surface area is 193 Å². The van der Waals surface area contributed by atoms with E-state index >= 15 is 0 Å². The molecule has 0 saturated carbocycles. The Kier molecular flexibility index (Phi) is 6.81. The van der Waals surface area contributed by atoms with Crippen LogP contribution in [0.2, 0.25) is 0 Å². The largest absolute Gasteiger partial charge is 0.356 e. The molecule has 0 aliphatic heterocycles. The Hall–Kier alpha value is -3.25. The van der Waals surface area contributed by atoms with E-state index in [1.807, 2.05) is 48.9 Å². The van der Waals surface area contributed by atoms with Crippen LogP contribution in [0.5, 0.6) is 0 Å². The number of carbonyl (C=O) groups is 1. The highest BCUT2D eigenvalue weighted by atomic mass is 32.1. The van der Waals surface area contributed by atoms with Crippen molar-refractivity contribution in [3.8, 4) is 16.9 Å². The van der Waals surface area contributed by atoms with Crippen LogP contribution >= 0.6 is 11.3 Å². The van der Waals surface area contributed by atoms with Gasteiger partial charge in [-0.15, -0.1) is 11.3 Å². The van der Waals surface area contributed by atoms with Crippen molar-refractivity contribution in [1.29, 1.82) is 0 Å². The average molecular weight is 445 g/mol. The van der Waals surface area contributed by atoms with Crippen LogP contribution in [0.3, 0.4) is 0 Å². The van der Waals surface area contributed by atoms with Crippen molar-refractivity contribution in [3.05, 3.63) is 87.5 Å². The maximum absolute atomic E-state index is 12.6. The third-order valence-corrected chi connectivity index (χ3v) is 6.39. The van der Waals surface area contributed by atoms with Gasteiger partial charge < -0.3 is 5.32 Å². The Balaban J connectivity index is 1.30. The molecule has 1 amide bonds. The van der Waals surface area contributed by atoms with Gasteiger partial charge in [0, 0.05) is 23.2 Å². The first-order valence-electron chi connectivity index (χ1n) is 10.9. The van der Waals surface area contributed by atoms with Gasteiger partial charge in [-0.1, -0.05) is 48.0 Å². The third kappa shape index (κ3) is 5.32. The molecule has 0 fully saturated rings. The number of nitrogens with zero attached hydrogens (tertiary/aromatic N) is 3. The average Bonchev–Trinajstić information content (AvgIpc) is 3.34. The van der Waals surface area contributed by atoms with Crippen molar-refractivity contribution in [2.75, 3.05) is 6.54 Å². The number of rotatable bonds is 8. The van der Waals surface area contributed by atoms with Gasteiger partial charge in [-0.05, 0) is 51.3 Å². The van der Waals surface area contributed by atoms with Gasteiger partial charge in [-0.2, -0.15) is 5.10 Å². The van der Waals surface area contributed by atoms with Gasteiger partial charge in [0.2, 0.25) is 5.91 Å². The van der Waals surface area contributed by atoms with Gasteiger partial charge in [0.1, 0.15) is 0 Å². The molecule has 2 aromatic carbocycles. The van der Waals surface area contributed by atoms with Crippen LogP contribution in [0.1, 0.15) is 33.1 Å². The minimum Gasteiger partial charge on any atom is -0.356 e.